The van der Waals surface area contributed by atoms with Crippen LogP contribution in [0.1, 0.15) is 49.1 Å². The lowest BCUT2D eigenvalue weighted by Gasteiger charge is -2.33. The van der Waals surface area contributed by atoms with E-state index in [2.05, 4.69) is 10.2 Å². The summed E-state index contributed by atoms with van der Waals surface area (Å²) in [5.74, 6) is -0.687. The molecular formula is C26H29F3N2O. The van der Waals surface area contributed by atoms with Gasteiger partial charge in [-0.25, -0.2) is 13.2 Å². The first kappa shape index (κ1) is 22.6. The molecule has 0 aromatic heterocycles. The van der Waals surface area contributed by atoms with Crippen LogP contribution in [0.25, 0.3) is 6.08 Å². The smallest absolute Gasteiger partial charge is 0.244 e. The summed E-state index contributed by atoms with van der Waals surface area (Å²) in [7, 11) is 0. The van der Waals surface area contributed by atoms with Gasteiger partial charge in [-0.15, -0.1) is 0 Å². The highest BCUT2D eigenvalue weighted by atomic mass is 19.1. The molecule has 1 heterocycles. The molecule has 0 spiro atoms. The molecule has 2 aromatic rings. The summed E-state index contributed by atoms with van der Waals surface area (Å²) in [4.78, 5) is 14.7. The van der Waals surface area contributed by atoms with Crippen LogP contribution >= 0.6 is 0 Å². The second kappa shape index (κ2) is 10.3. The van der Waals surface area contributed by atoms with Crippen molar-refractivity contribution in [2.45, 2.75) is 44.1 Å². The molecule has 4 rings (SSSR count). The van der Waals surface area contributed by atoms with Gasteiger partial charge in [0.1, 0.15) is 17.5 Å². The van der Waals surface area contributed by atoms with Gasteiger partial charge in [0.15, 0.2) is 0 Å². The number of hydrogen-bond acceptors (Lipinski definition) is 2. The lowest BCUT2D eigenvalue weighted by atomic mass is 9.89. The first-order valence-corrected chi connectivity index (χ1v) is 11.4. The molecule has 0 bridgehead atoms. The Hall–Kier alpha value is -2.60. The third-order valence-corrected chi connectivity index (χ3v) is 6.65. The minimum atomic E-state index is -0.662. The summed E-state index contributed by atoms with van der Waals surface area (Å²) in [6.45, 7) is 3.13. The van der Waals surface area contributed by atoms with Gasteiger partial charge < -0.3 is 10.2 Å². The maximum Gasteiger partial charge on any atom is 0.244 e. The highest BCUT2D eigenvalue weighted by Gasteiger charge is 2.29. The van der Waals surface area contributed by atoms with Crippen molar-refractivity contribution in [2.75, 3.05) is 19.6 Å². The van der Waals surface area contributed by atoms with Gasteiger partial charge in [-0.2, -0.15) is 0 Å². The van der Waals surface area contributed by atoms with E-state index >= 15 is 0 Å². The van der Waals surface area contributed by atoms with Crippen LogP contribution in [0.3, 0.4) is 0 Å². The zero-order chi connectivity index (χ0) is 22.5. The minimum absolute atomic E-state index is 0.137. The van der Waals surface area contributed by atoms with E-state index < -0.39 is 11.6 Å². The zero-order valence-corrected chi connectivity index (χ0v) is 18.1. The molecule has 3 nitrogen and oxygen atoms in total. The Morgan fingerprint density at radius 1 is 0.938 bits per heavy atom. The summed E-state index contributed by atoms with van der Waals surface area (Å²) in [6.07, 6.45) is 7.92. The van der Waals surface area contributed by atoms with Crippen LogP contribution in [0.4, 0.5) is 13.2 Å². The number of benzene rings is 2. The maximum absolute atomic E-state index is 13.2. The molecule has 2 fully saturated rings. The highest BCUT2D eigenvalue weighted by molar-refractivity contribution is 5.91. The van der Waals surface area contributed by atoms with Crippen molar-refractivity contribution < 1.29 is 18.0 Å². The number of nitrogens with one attached hydrogen (secondary N) is 1. The summed E-state index contributed by atoms with van der Waals surface area (Å²) >= 11 is 0. The number of nitrogens with zero attached hydrogens (tertiary/aromatic N) is 1. The molecule has 1 aliphatic carbocycles. The fraction of sp³-hybridized carbons (Fsp3) is 0.423. The first-order valence-electron chi connectivity index (χ1n) is 11.4. The van der Waals surface area contributed by atoms with Crippen molar-refractivity contribution >= 4 is 12.0 Å². The van der Waals surface area contributed by atoms with Gasteiger partial charge in [-0.05, 0) is 98.5 Å². The third kappa shape index (κ3) is 6.22. The molecule has 32 heavy (non-hydrogen) atoms. The van der Waals surface area contributed by atoms with E-state index in [9.17, 15) is 18.0 Å². The standard InChI is InChI=1S/C26H29F3N2O/c27-22-5-3-20(4-6-22)21-9-11-31(12-10-21)17-19-1-7-25(15-19)30-26(32)8-2-18-13-23(28)16-24(29)14-18/h2-6,8,13-14,16,19,21,25H,1,7,9-12,15,17H2,(H,30,32)/b8-2+/t19-,25+/m1/s1. The summed E-state index contributed by atoms with van der Waals surface area (Å²) in [5.41, 5.74) is 1.55. The Morgan fingerprint density at radius 3 is 2.31 bits per heavy atom. The van der Waals surface area contributed by atoms with Crippen LogP contribution in [-0.4, -0.2) is 36.5 Å². The third-order valence-electron chi connectivity index (χ3n) is 6.65. The summed E-state index contributed by atoms with van der Waals surface area (Å²) < 4.78 is 39.6. The minimum Gasteiger partial charge on any atom is -0.350 e. The normalized spacial score (nSPS) is 22.5. The molecule has 1 amide bonds. The number of likely N-dealkylation sites (tertiary alicyclic amines) is 1. The molecule has 0 radical (unpaired) electrons. The second-order valence-electron chi connectivity index (χ2n) is 9.05. The summed E-state index contributed by atoms with van der Waals surface area (Å²) in [6, 6.07) is 10.2. The Bertz CT molecular complexity index is 932. The number of rotatable bonds is 6. The average molecular weight is 443 g/mol. The molecule has 1 N–H and O–H groups in total. The van der Waals surface area contributed by atoms with Gasteiger partial charge in [0.2, 0.25) is 5.91 Å². The molecule has 170 valence electrons. The van der Waals surface area contributed by atoms with Crippen molar-refractivity contribution in [1.82, 2.24) is 10.2 Å². The quantitative estimate of drug-likeness (QED) is 0.618. The predicted molar refractivity (Wildman–Crippen MR) is 119 cm³/mol. The van der Waals surface area contributed by atoms with Crippen LogP contribution in [-0.2, 0) is 4.79 Å². The maximum atomic E-state index is 13.2. The fourth-order valence-electron chi connectivity index (χ4n) is 5.01. The molecule has 0 unspecified atom stereocenters. The topological polar surface area (TPSA) is 32.3 Å². The average Bonchev–Trinajstić information content (AvgIpc) is 3.19. The van der Waals surface area contributed by atoms with Crippen LogP contribution in [0, 0.1) is 23.4 Å². The van der Waals surface area contributed by atoms with Crippen LogP contribution in [0.2, 0.25) is 0 Å². The largest absolute Gasteiger partial charge is 0.350 e. The molecule has 1 saturated heterocycles. The SMILES string of the molecule is O=C(/C=C/c1cc(F)cc(F)c1)N[C@H]1CC[C@@H](CN2CCC(c3ccc(F)cc3)CC2)C1. The Labute approximate surface area is 187 Å². The van der Waals surface area contributed by atoms with Gasteiger partial charge in [-0.1, -0.05) is 12.1 Å². The molecule has 6 heteroatoms. The number of hydrogen-bond donors (Lipinski definition) is 1. The van der Waals surface area contributed by atoms with E-state index in [1.807, 2.05) is 12.1 Å². The van der Waals surface area contributed by atoms with Crippen LogP contribution in [0.15, 0.2) is 48.5 Å². The molecule has 2 aromatic carbocycles. The van der Waals surface area contributed by atoms with E-state index in [1.54, 1.807) is 12.1 Å². The van der Waals surface area contributed by atoms with Gasteiger partial charge in [0, 0.05) is 24.7 Å². The number of carbonyl (C=O) groups is 1. The molecule has 2 aliphatic rings. The zero-order valence-electron chi connectivity index (χ0n) is 18.1. The van der Waals surface area contributed by atoms with Crippen molar-refractivity contribution in [3.8, 4) is 0 Å². The van der Waals surface area contributed by atoms with E-state index in [0.717, 1.165) is 57.8 Å². The summed E-state index contributed by atoms with van der Waals surface area (Å²) in [5, 5.41) is 3.02. The van der Waals surface area contributed by atoms with Crippen LogP contribution < -0.4 is 5.32 Å². The van der Waals surface area contributed by atoms with Gasteiger partial charge in [0.05, 0.1) is 0 Å². The molecule has 2 atom stereocenters. The van der Waals surface area contributed by atoms with Gasteiger partial charge in [-0.3, -0.25) is 4.79 Å². The number of amides is 1. The fourth-order valence-corrected chi connectivity index (χ4v) is 5.01. The van der Waals surface area contributed by atoms with Crippen molar-refractivity contribution in [1.29, 1.82) is 0 Å². The lowest BCUT2D eigenvalue weighted by Crippen LogP contribution is -2.37. The van der Waals surface area contributed by atoms with Crippen molar-refractivity contribution in [2.24, 2.45) is 5.92 Å². The van der Waals surface area contributed by atoms with Crippen LogP contribution in [0.5, 0.6) is 0 Å². The Morgan fingerprint density at radius 2 is 1.62 bits per heavy atom. The van der Waals surface area contributed by atoms with Gasteiger partial charge in [0.25, 0.3) is 0 Å². The van der Waals surface area contributed by atoms with E-state index in [0.29, 0.717) is 17.4 Å². The Kier molecular flexibility index (Phi) is 7.30. The van der Waals surface area contributed by atoms with Crippen molar-refractivity contribution in [3.63, 3.8) is 0 Å². The second-order valence-corrected chi connectivity index (χ2v) is 9.05. The Balaban J connectivity index is 1.19. The predicted octanol–water partition coefficient (Wildman–Crippen LogP) is 5.28. The highest BCUT2D eigenvalue weighted by Crippen LogP contribution is 2.31. The number of piperidine rings is 1. The molecule has 1 aliphatic heterocycles. The van der Waals surface area contributed by atoms with E-state index in [-0.39, 0.29) is 17.8 Å². The molecular weight excluding hydrogens is 413 g/mol. The first-order chi connectivity index (χ1) is 15.4. The van der Waals surface area contributed by atoms with Crippen molar-refractivity contribution in [3.05, 3.63) is 77.1 Å². The van der Waals surface area contributed by atoms with E-state index in [4.69, 9.17) is 0 Å². The monoisotopic (exact) mass is 442 g/mol. The number of halogens is 3. The van der Waals surface area contributed by atoms with E-state index in [1.165, 1.54) is 29.8 Å². The lowest BCUT2D eigenvalue weighted by molar-refractivity contribution is -0.117. The number of carbonyl (C=O) groups excluding carboxylic acids is 1. The molecule has 1 saturated carbocycles. The van der Waals surface area contributed by atoms with Gasteiger partial charge >= 0.3 is 0 Å².